The monoisotopic (exact) mass is 325 g/mol. The summed E-state index contributed by atoms with van der Waals surface area (Å²) in [7, 11) is 4.82. The number of imidazole rings is 1. The zero-order valence-corrected chi connectivity index (χ0v) is 14.0. The van der Waals surface area contributed by atoms with Gasteiger partial charge in [-0.05, 0) is 6.42 Å². The number of nitrogens with zero attached hydrogens (tertiary/aromatic N) is 4. The van der Waals surface area contributed by atoms with Crippen molar-refractivity contribution in [1.29, 1.82) is 0 Å². The van der Waals surface area contributed by atoms with Gasteiger partial charge in [0.05, 0.1) is 25.7 Å². The molecule has 0 aromatic carbocycles. The number of hydrogen-bond donors (Lipinski definition) is 3. The Kier molecular flexibility index (Phi) is 5.22. The van der Waals surface area contributed by atoms with Crippen LogP contribution in [0.25, 0.3) is 11.2 Å². The molecule has 0 fully saturated rings. The molecule has 4 N–H and O–H groups in total. The van der Waals surface area contributed by atoms with Gasteiger partial charge in [-0.1, -0.05) is 6.92 Å². The lowest BCUT2D eigenvalue weighted by Gasteiger charge is -2.15. The van der Waals surface area contributed by atoms with Crippen LogP contribution in [0.3, 0.4) is 0 Å². The van der Waals surface area contributed by atoms with Crippen LogP contribution in [-0.4, -0.2) is 49.5 Å². The molecule has 0 aliphatic rings. The highest BCUT2D eigenvalue weighted by molar-refractivity contribution is 5.74. The highest BCUT2D eigenvalue weighted by Crippen LogP contribution is 2.14. The Labute approximate surface area is 133 Å². The second-order valence-electron chi connectivity index (χ2n) is 5.66. The molecule has 0 amide bonds. The third-order valence-corrected chi connectivity index (χ3v) is 4.09. The number of aryl methyl sites for hydroxylation is 2. The van der Waals surface area contributed by atoms with Gasteiger partial charge in [-0.15, -0.1) is 0 Å². The minimum Gasteiger partial charge on any atom is -0.391 e. The highest BCUT2D eigenvalue weighted by Gasteiger charge is 2.19. The first-order valence-corrected chi connectivity index (χ1v) is 7.73. The second kappa shape index (κ2) is 6.97. The molecule has 0 aliphatic heterocycles. The summed E-state index contributed by atoms with van der Waals surface area (Å²) >= 11 is 0. The Balaban J connectivity index is 2.41. The van der Waals surface area contributed by atoms with Gasteiger partial charge in [0.1, 0.15) is 0 Å². The van der Waals surface area contributed by atoms with Crippen molar-refractivity contribution in [3.05, 3.63) is 20.8 Å². The largest absolute Gasteiger partial charge is 0.391 e. The molecule has 0 spiro atoms. The van der Waals surface area contributed by atoms with Crippen LogP contribution in [0.5, 0.6) is 0 Å². The van der Waals surface area contributed by atoms with E-state index in [-0.39, 0.29) is 18.2 Å². The van der Waals surface area contributed by atoms with Gasteiger partial charge in [-0.25, -0.2) is 4.79 Å². The fourth-order valence-electron chi connectivity index (χ4n) is 2.57. The predicted octanol–water partition coefficient (Wildman–Crippen LogP) is -2.28. The van der Waals surface area contributed by atoms with Crippen molar-refractivity contribution in [2.24, 2.45) is 21.1 Å². The van der Waals surface area contributed by atoms with Crippen LogP contribution in [0.2, 0.25) is 0 Å². The molecular weight excluding hydrogens is 300 g/mol. The smallest absolute Gasteiger partial charge is 0.332 e. The zero-order chi connectivity index (χ0) is 17.1. The van der Waals surface area contributed by atoms with E-state index in [0.29, 0.717) is 23.7 Å². The van der Waals surface area contributed by atoms with Crippen LogP contribution >= 0.6 is 0 Å². The summed E-state index contributed by atoms with van der Waals surface area (Å²) in [6, 6.07) is 0.151. The number of rotatable bonds is 7. The number of anilines is 1. The van der Waals surface area contributed by atoms with Gasteiger partial charge < -0.3 is 20.3 Å². The number of aliphatic hydroxyl groups is 1. The SMILES string of the molecule is CC[C@H](C[NH2+]CCO)Nc1nc2c(c(=O)n(C)c(=O)n2C)n1C. The van der Waals surface area contributed by atoms with E-state index in [4.69, 9.17) is 5.11 Å². The maximum Gasteiger partial charge on any atom is 0.332 e. The van der Waals surface area contributed by atoms with Crippen LogP contribution in [0, 0.1) is 0 Å². The number of nitrogens with one attached hydrogen (secondary N) is 1. The van der Waals surface area contributed by atoms with Crippen molar-refractivity contribution in [1.82, 2.24) is 18.7 Å². The summed E-state index contributed by atoms with van der Waals surface area (Å²) in [5.74, 6) is 0.558. The van der Waals surface area contributed by atoms with E-state index in [2.05, 4.69) is 17.2 Å². The van der Waals surface area contributed by atoms with Gasteiger partial charge in [-0.3, -0.25) is 13.9 Å². The number of hydrogen-bond acceptors (Lipinski definition) is 5. The number of aromatic nitrogens is 4. The van der Waals surface area contributed by atoms with E-state index in [1.54, 1.807) is 18.7 Å². The summed E-state index contributed by atoms with van der Waals surface area (Å²) in [6.45, 7) is 3.63. The maximum absolute atomic E-state index is 12.3. The lowest BCUT2D eigenvalue weighted by atomic mass is 10.2. The Bertz CT molecular complexity index is 803. The number of nitrogens with two attached hydrogens (primary N) is 1. The van der Waals surface area contributed by atoms with E-state index in [9.17, 15) is 9.59 Å². The quantitative estimate of drug-likeness (QED) is 0.497. The molecule has 1 atom stereocenters. The molecule has 0 radical (unpaired) electrons. The average Bonchev–Trinajstić information content (AvgIpc) is 2.87. The number of aliphatic hydroxyl groups excluding tert-OH is 1. The fourth-order valence-corrected chi connectivity index (χ4v) is 2.57. The van der Waals surface area contributed by atoms with E-state index in [1.807, 2.05) is 5.32 Å². The third kappa shape index (κ3) is 3.15. The molecule has 2 rings (SSSR count). The van der Waals surface area contributed by atoms with Crippen LogP contribution < -0.4 is 21.9 Å². The van der Waals surface area contributed by atoms with E-state index in [0.717, 1.165) is 17.5 Å². The maximum atomic E-state index is 12.3. The first kappa shape index (κ1) is 17.2. The molecule has 0 bridgehead atoms. The molecule has 2 aromatic heterocycles. The lowest BCUT2D eigenvalue weighted by Crippen LogP contribution is -2.87. The first-order valence-electron chi connectivity index (χ1n) is 7.73. The fraction of sp³-hybridized carbons (Fsp3) is 0.643. The molecule has 2 aromatic rings. The van der Waals surface area contributed by atoms with Gasteiger partial charge in [0, 0.05) is 21.1 Å². The van der Waals surface area contributed by atoms with Crippen LogP contribution in [0.4, 0.5) is 5.95 Å². The first-order chi connectivity index (χ1) is 10.9. The van der Waals surface area contributed by atoms with Crippen molar-refractivity contribution < 1.29 is 10.4 Å². The molecule has 23 heavy (non-hydrogen) atoms. The van der Waals surface area contributed by atoms with E-state index in [1.165, 1.54) is 11.6 Å². The molecular formula is C14H25N6O3+. The van der Waals surface area contributed by atoms with Gasteiger partial charge in [0.15, 0.2) is 11.2 Å². The third-order valence-electron chi connectivity index (χ3n) is 4.09. The lowest BCUT2D eigenvalue weighted by molar-refractivity contribution is -0.657. The standard InChI is InChI=1S/C14H24N6O3/c1-5-9(8-15-6-7-21)16-13-17-11-10(18(13)2)12(22)20(4)14(23)19(11)3/h9,15,21H,5-8H2,1-4H3,(H,16,17)/p+1/t9-/m1/s1. The Morgan fingerprint density at radius 3 is 2.52 bits per heavy atom. The molecule has 9 heteroatoms. The Morgan fingerprint density at radius 2 is 1.91 bits per heavy atom. The zero-order valence-electron chi connectivity index (χ0n) is 14.0. The number of fused-ring (bicyclic) bond motifs is 1. The molecule has 0 saturated heterocycles. The van der Waals surface area contributed by atoms with Crippen LogP contribution in [0.15, 0.2) is 9.59 Å². The molecule has 2 heterocycles. The molecule has 9 nitrogen and oxygen atoms in total. The molecule has 0 aliphatic carbocycles. The summed E-state index contributed by atoms with van der Waals surface area (Å²) in [4.78, 5) is 28.8. The van der Waals surface area contributed by atoms with E-state index < -0.39 is 5.69 Å². The Morgan fingerprint density at radius 1 is 1.22 bits per heavy atom. The van der Waals surface area contributed by atoms with Crippen molar-refractivity contribution in [2.45, 2.75) is 19.4 Å². The minimum absolute atomic E-state index is 0.140. The Hall–Kier alpha value is -2.13. The van der Waals surface area contributed by atoms with Crippen molar-refractivity contribution in [2.75, 3.05) is 25.0 Å². The van der Waals surface area contributed by atoms with Gasteiger partial charge >= 0.3 is 5.69 Å². The van der Waals surface area contributed by atoms with Gasteiger partial charge in [0.25, 0.3) is 5.56 Å². The van der Waals surface area contributed by atoms with Gasteiger partial charge in [-0.2, -0.15) is 4.98 Å². The van der Waals surface area contributed by atoms with Crippen molar-refractivity contribution in [3.63, 3.8) is 0 Å². The molecule has 0 saturated carbocycles. The average molecular weight is 325 g/mol. The van der Waals surface area contributed by atoms with Gasteiger partial charge in [0.2, 0.25) is 5.95 Å². The highest BCUT2D eigenvalue weighted by atomic mass is 16.3. The molecule has 0 unspecified atom stereocenters. The van der Waals surface area contributed by atoms with E-state index >= 15 is 0 Å². The molecule has 128 valence electrons. The number of quaternary nitrogens is 1. The van der Waals surface area contributed by atoms with Crippen molar-refractivity contribution >= 4 is 17.1 Å². The van der Waals surface area contributed by atoms with Crippen LogP contribution in [0.1, 0.15) is 13.3 Å². The summed E-state index contributed by atoms with van der Waals surface area (Å²) < 4.78 is 4.15. The summed E-state index contributed by atoms with van der Waals surface area (Å²) in [6.07, 6.45) is 0.877. The topological polar surface area (TPSA) is 111 Å². The summed E-state index contributed by atoms with van der Waals surface area (Å²) in [5, 5.41) is 14.2. The second-order valence-corrected chi connectivity index (χ2v) is 5.66. The predicted molar refractivity (Wildman–Crippen MR) is 87.6 cm³/mol. The van der Waals surface area contributed by atoms with Crippen molar-refractivity contribution in [3.8, 4) is 0 Å². The summed E-state index contributed by atoms with van der Waals surface area (Å²) in [5.41, 5.74) is 0.0186. The minimum atomic E-state index is -0.393. The normalized spacial score (nSPS) is 12.7. The van der Waals surface area contributed by atoms with Crippen LogP contribution in [-0.2, 0) is 21.1 Å².